The Morgan fingerprint density at radius 2 is 2.12 bits per heavy atom. The molecule has 82 valence electrons. The van der Waals surface area contributed by atoms with Gasteiger partial charge in [-0.3, -0.25) is 14.3 Å². The number of hydrogen-bond donors (Lipinski definition) is 1. The number of H-pyrrole nitrogens is 1. The molecule has 0 radical (unpaired) electrons. The average molecular weight is 297 g/mol. The summed E-state index contributed by atoms with van der Waals surface area (Å²) in [6.07, 6.45) is 1.66. The van der Waals surface area contributed by atoms with E-state index in [2.05, 4.69) is 20.9 Å². The van der Waals surface area contributed by atoms with Gasteiger partial charge >= 0.3 is 0 Å². The molecule has 0 fully saturated rings. The van der Waals surface area contributed by atoms with Gasteiger partial charge in [-0.1, -0.05) is 6.07 Å². The lowest BCUT2D eigenvalue weighted by Crippen LogP contribution is -2.10. The van der Waals surface area contributed by atoms with Crippen molar-refractivity contribution in [3.8, 4) is 5.69 Å². The summed E-state index contributed by atoms with van der Waals surface area (Å²) >= 11 is 8.58. The van der Waals surface area contributed by atoms with E-state index in [4.69, 9.17) is 12.2 Å². The Labute approximate surface area is 106 Å². The summed E-state index contributed by atoms with van der Waals surface area (Å²) in [4.78, 5) is 13.6. The first-order chi connectivity index (χ1) is 7.58. The smallest absolute Gasteiger partial charge is 0.251 e. The first-order valence-corrected chi connectivity index (χ1v) is 5.86. The van der Waals surface area contributed by atoms with E-state index in [0.29, 0.717) is 4.77 Å². The van der Waals surface area contributed by atoms with Crippen LogP contribution in [0.1, 0.15) is 5.56 Å². The third-order valence-electron chi connectivity index (χ3n) is 2.19. The van der Waals surface area contributed by atoms with Crippen LogP contribution in [0.3, 0.4) is 0 Å². The summed E-state index contributed by atoms with van der Waals surface area (Å²) in [7, 11) is 0. The number of hydrogen-bond acceptors (Lipinski definition) is 2. The Hall–Kier alpha value is -1.20. The summed E-state index contributed by atoms with van der Waals surface area (Å²) in [6, 6.07) is 7.39. The van der Waals surface area contributed by atoms with E-state index in [1.54, 1.807) is 10.8 Å². The fourth-order valence-corrected chi connectivity index (χ4v) is 2.36. The van der Waals surface area contributed by atoms with Crippen LogP contribution >= 0.6 is 28.1 Å². The Morgan fingerprint density at radius 1 is 1.38 bits per heavy atom. The van der Waals surface area contributed by atoms with Crippen LogP contribution in [0.2, 0.25) is 0 Å². The minimum absolute atomic E-state index is 0.190. The second kappa shape index (κ2) is 4.35. The van der Waals surface area contributed by atoms with Gasteiger partial charge in [0, 0.05) is 16.7 Å². The molecule has 0 spiro atoms. The molecule has 2 rings (SSSR count). The van der Waals surface area contributed by atoms with Crippen molar-refractivity contribution in [2.75, 3.05) is 0 Å². The van der Waals surface area contributed by atoms with Gasteiger partial charge in [0.05, 0.1) is 5.69 Å². The molecule has 1 heterocycles. The molecule has 0 aliphatic rings. The number of aromatic amines is 1. The molecule has 0 bridgehead atoms. The predicted octanol–water partition coefficient (Wildman–Crippen LogP) is 2.97. The highest BCUT2D eigenvalue weighted by Crippen LogP contribution is 2.21. The summed E-state index contributed by atoms with van der Waals surface area (Å²) < 4.78 is 3.08. The summed E-state index contributed by atoms with van der Waals surface area (Å²) in [5.74, 6) is 0. The Balaban J connectivity index is 2.68. The third-order valence-corrected chi connectivity index (χ3v) is 3.12. The zero-order valence-electron chi connectivity index (χ0n) is 8.53. The molecule has 0 saturated carbocycles. The lowest BCUT2D eigenvalue weighted by Gasteiger charge is -2.08. The van der Waals surface area contributed by atoms with E-state index in [0.717, 1.165) is 15.7 Å². The molecule has 1 aromatic carbocycles. The molecule has 5 heteroatoms. The molecule has 1 N–H and O–H groups in total. The van der Waals surface area contributed by atoms with Crippen LogP contribution in [0.4, 0.5) is 0 Å². The van der Waals surface area contributed by atoms with Gasteiger partial charge in [0.2, 0.25) is 0 Å². The predicted molar refractivity (Wildman–Crippen MR) is 69.7 cm³/mol. The second-order valence-corrected chi connectivity index (χ2v) is 4.68. The molecular formula is C11H9BrN2OS. The van der Waals surface area contributed by atoms with Crippen LogP contribution in [0, 0.1) is 11.7 Å². The van der Waals surface area contributed by atoms with E-state index in [1.165, 1.54) is 6.07 Å². The lowest BCUT2D eigenvalue weighted by molar-refractivity contribution is 0.932. The highest BCUT2D eigenvalue weighted by Gasteiger charge is 2.02. The van der Waals surface area contributed by atoms with Crippen LogP contribution < -0.4 is 5.56 Å². The minimum Gasteiger partial charge on any atom is -0.299 e. The summed E-state index contributed by atoms with van der Waals surface area (Å²) in [5, 5.41) is 0. The molecule has 0 aliphatic carbocycles. The fraction of sp³-hybridized carbons (Fsp3) is 0.0909. The molecule has 0 saturated heterocycles. The normalized spacial score (nSPS) is 10.4. The average Bonchev–Trinajstić information content (AvgIpc) is 2.19. The highest BCUT2D eigenvalue weighted by molar-refractivity contribution is 9.10. The number of halogens is 1. The van der Waals surface area contributed by atoms with E-state index < -0.39 is 0 Å². The lowest BCUT2D eigenvalue weighted by atomic mass is 10.2. The van der Waals surface area contributed by atoms with Crippen molar-refractivity contribution < 1.29 is 0 Å². The number of nitrogens with one attached hydrogen (secondary N) is 1. The number of nitrogens with zero attached hydrogens (tertiary/aromatic N) is 1. The van der Waals surface area contributed by atoms with Crippen LogP contribution in [0.5, 0.6) is 0 Å². The zero-order valence-corrected chi connectivity index (χ0v) is 10.9. The molecule has 3 nitrogen and oxygen atoms in total. The Bertz CT molecular complexity index is 645. The molecule has 2 aromatic rings. The largest absolute Gasteiger partial charge is 0.299 e. The standard InChI is InChI=1S/C11H9BrN2OS/c1-7-2-3-9(8(12)6-7)14-5-4-10(15)13-11(14)16/h2-6H,1H3,(H,13,15,16). The van der Waals surface area contributed by atoms with Gasteiger partial charge in [-0.2, -0.15) is 0 Å². The van der Waals surface area contributed by atoms with Crippen molar-refractivity contribution in [1.29, 1.82) is 0 Å². The van der Waals surface area contributed by atoms with Gasteiger partial charge in [0.1, 0.15) is 0 Å². The van der Waals surface area contributed by atoms with Gasteiger partial charge in [0.25, 0.3) is 5.56 Å². The maximum Gasteiger partial charge on any atom is 0.251 e. The third kappa shape index (κ3) is 2.15. The van der Waals surface area contributed by atoms with Gasteiger partial charge in [0.15, 0.2) is 4.77 Å². The van der Waals surface area contributed by atoms with Crippen LogP contribution in [-0.4, -0.2) is 9.55 Å². The molecule has 0 atom stereocenters. The first kappa shape index (κ1) is 11.3. The molecule has 0 amide bonds. The quantitative estimate of drug-likeness (QED) is 0.822. The van der Waals surface area contributed by atoms with E-state index in [-0.39, 0.29) is 5.56 Å². The Morgan fingerprint density at radius 3 is 2.75 bits per heavy atom. The SMILES string of the molecule is Cc1ccc(-n2ccc(=O)[nH]c2=S)c(Br)c1. The Kier molecular flexibility index (Phi) is 3.07. The monoisotopic (exact) mass is 296 g/mol. The van der Waals surface area contributed by atoms with Gasteiger partial charge in [-0.05, 0) is 52.8 Å². The number of aryl methyl sites for hydroxylation is 1. The van der Waals surface area contributed by atoms with Crippen molar-refractivity contribution in [3.63, 3.8) is 0 Å². The second-order valence-electron chi connectivity index (χ2n) is 3.44. The van der Waals surface area contributed by atoms with Crippen molar-refractivity contribution in [3.05, 3.63) is 55.6 Å². The maximum absolute atomic E-state index is 11.1. The maximum atomic E-state index is 11.1. The van der Waals surface area contributed by atoms with E-state index in [9.17, 15) is 4.79 Å². The van der Waals surface area contributed by atoms with Gasteiger partial charge in [-0.25, -0.2) is 0 Å². The minimum atomic E-state index is -0.190. The number of aromatic nitrogens is 2. The van der Waals surface area contributed by atoms with E-state index in [1.807, 2.05) is 25.1 Å². The fourth-order valence-electron chi connectivity index (χ4n) is 1.41. The molecular weight excluding hydrogens is 288 g/mol. The van der Waals surface area contributed by atoms with Crippen molar-refractivity contribution in [2.45, 2.75) is 6.92 Å². The first-order valence-electron chi connectivity index (χ1n) is 4.66. The van der Waals surface area contributed by atoms with Crippen LogP contribution in [0.15, 0.2) is 39.7 Å². The van der Waals surface area contributed by atoms with Crippen molar-refractivity contribution in [1.82, 2.24) is 9.55 Å². The molecule has 0 aliphatic heterocycles. The molecule has 0 unspecified atom stereocenters. The summed E-state index contributed by atoms with van der Waals surface area (Å²) in [5.41, 5.74) is 1.88. The van der Waals surface area contributed by atoms with Gasteiger partial charge in [-0.15, -0.1) is 0 Å². The molecule has 1 aromatic heterocycles. The van der Waals surface area contributed by atoms with Crippen LogP contribution in [-0.2, 0) is 0 Å². The van der Waals surface area contributed by atoms with Crippen molar-refractivity contribution >= 4 is 28.1 Å². The number of rotatable bonds is 1. The summed E-state index contributed by atoms with van der Waals surface area (Å²) in [6.45, 7) is 2.01. The molecule has 16 heavy (non-hydrogen) atoms. The topological polar surface area (TPSA) is 37.8 Å². The van der Waals surface area contributed by atoms with E-state index >= 15 is 0 Å². The number of benzene rings is 1. The van der Waals surface area contributed by atoms with Crippen LogP contribution in [0.25, 0.3) is 5.69 Å². The van der Waals surface area contributed by atoms with Crippen molar-refractivity contribution in [2.24, 2.45) is 0 Å². The van der Waals surface area contributed by atoms with Gasteiger partial charge < -0.3 is 0 Å². The zero-order chi connectivity index (χ0) is 11.7. The highest BCUT2D eigenvalue weighted by atomic mass is 79.9.